The minimum atomic E-state index is -1.21. The molecule has 0 bridgehead atoms. The number of benzene rings is 1. The molecule has 2 aromatic heterocycles. The molecule has 0 atom stereocenters. The predicted octanol–water partition coefficient (Wildman–Crippen LogP) is 4.29. The van der Waals surface area contributed by atoms with Gasteiger partial charge in [-0.05, 0) is 56.1 Å². The summed E-state index contributed by atoms with van der Waals surface area (Å²) in [4.78, 5) is 29.7. The lowest BCUT2D eigenvalue weighted by molar-refractivity contribution is 0.100. The van der Waals surface area contributed by atoms with Crippen LogP contribution in [0.4, 0.5) is 10.6 Å². The number of hydrogen-bond donors (Lipinski definition) is 3. The van der Waals surface area contributed by atoms with Crippen LogP contribution in [0.3, 0.4) is 0 Å². The quantitative estimate of drug-likeness (QED) is 0.515. The molecular weight excluding hydrogens is 430 g/mol. The van der Waals surface area contributed by atoms with Gasteiger partial charge < -0.3 is 15.4 Å². The van der Waals surface area contributed by atoms with Gasteiger partial charge in [0.2, 0.25) is 0 Å². The van der Waals surface area contributed by atoms with Gasteiger partial charge in [-0.2, -0.15) is 0 Å². The van der Waals surface area contributed by atoms with Gasteiger partial charge in [-0.15, -0.1) is 0 Å². The molecule has 8 nitrogen and oxygen atoms in total. The Morgan fingerprint density at radius 3 is 2.62 bits per heavy atom. The highest BCUT2D eigenvalue weighted by Crippen LogP contribution is 2.34. The topological polar surface area (TPSA) is 113 Å². The highest BCUT2D eigenvalue weighted by molar-refractivity contribution is 6.33. The Kier molecular flexibility index (Phi) is 6.16. The Labute approximate surface area is 190 Å². The van der Waals surface area contributed by atoms with E-state index in [1.165, 1.54) is 12.8 Å². The summed E-state index contributed by atoms with van der Waals surface area (Å²) < 4.78 is 1.74. The Hall–Kier alpha value is -3.36. The maximum absolute atomic E-state index is 12.3. The zero-order chi connectivity index (χ0) is 22.8. The van der Waals surface area contributed by atoms with Crippen LogP contribution in [0.2, 0.25) is 5.02 Å². The van der Waals surface area contributed by atoms with E-state index in [4.69, 9.17) is 22.4 Å². The lowest BCUT2D eigenvalue weighted by Gasteiger charge is -2.16. The fourth-order valence-corrected chi connectivity index (χ4v) is 4.27. The number of nitrogens with two attached hydrogens (primary N) is 1. The van der Waals surface area contributed by atoms with Crippen molar-refractivity contribution in [2.45, 2.75) is 26.3 Å². The standard InChI is InChI=1S/C23H24ClN5O3/c1-14-10-26-21(27-23(31)32)9-20(14)29-12-17(18(13-29)22(25)30)16-8-15(4-5-19(16)24)11-28-6-2-3-7-28/h4-5,8-10,12-13H,2-3,6-7,11H2,1H3,(H2,25,30)(H,26,27)(H,31,32). The van der Waals surface area contributed by atoms with Gasteiger partial charge in [-0.1, -0.05) is 17.7 Å². The highest BCUT2D eigenvalue weighted by Gasteiger charge is 2.19. The van der Waals surface area contributed by atoms with Crippen LogP contribution >= 0.6 is 11.6 Å². The van der Waals surface area contributed by atoms with E-state index < -0.39 is 12.0 Å². The van der Waals surface area contributed by atoms with E-state index in [-0.39, 0.29) is 5.82 Å². The number of carbonyl (C=O) groups excluding carboxylic acids is 1. The first-order chi connectivity index (χ1) is 15.3. The molecule has 1 fully saturated rings. The number of carboxylic acid groups (broad SMARTS) is 1. The first kappa shape index (κ1) is 21.9. The molecule has 3 aromatic rings. The number of likely N-dealkylation sites (tertiary alicyclic amines) is 1. The van der Waals surface area contributed by atoms with Crippen molar-refractivity contribution >= 4 is 29.4 Å². The third kappa shape index (κ3) is 4.61. The van der Waals surface area contributed by atoms with Crippen LogP contribution in [0.1, 0.15) is 34.3 Å². The minimum Gasteiger partial charge on any atom is -0.465 e. The second kappa shape index (κ2) is 9.02. The molecule has 0 unspecified atom stereocenters. The first-order valence-electron chi connectivity index (χ1n) is 10.3. The van der Waals surface area contributed by atoms with E-state index in [0.717, 1.165) is 36.3 Å². The molecule has 3 heterocycles. The summed E-state index contributed by atoms with van der Waals surface area (Å²) in [5.74, 6) is -0.394. The molecule has 1 aliphatic heterocycles. The number of aromatic nitrogens is 2. The fraction of sp³-hybridized carbons (Fsp3) is 0.261. The van der Waals surface area contributed by atoms with Gasteiger partial charge >= 0.3 is 6.09 Å². The third-order valence-electron chi connectivity index (χ3n) is 5.61. The summed E-state index contributed by atoms with van der Waals surface area (Å²) in [5.41, 5.74) is 9.95. The van der Waals surface area contributed by atoms with Crippen molar-refractivity contribution in [2.75, 3.05) is 18.4 Å². The summed E-state index contributed by atoms with van der Waals surface area (Å²) in [5, 5.41) is 11.8. The van der Waals surface area contributed by atoms with Crippen molar-refractivity contribution in [1.29, 1.82) is 0 Å². The number of primary amides is 1. The molecule has 0 aliphatic carbocycles. The van der Waals surface area contributed by atoms with E-state index in [1.807, 2.05) is 25.1 Å². The van der Waals surface area contributed by atoms with Crippen LogP contribution in [0, 0.1) is 6.92 Å². The highest BCUT2D eigenvalue weighted by atomic mass is 35.5. The molecule has 0 spiro atoms. The van der Waals surface area contributed by atoms with Crippen LogP contribution in [-0.2, 0) is 6.54 Å². The van der Waals surface area contributed by atoms with Crippen molar-refractivity contribution in [3.63, 3.8) is 0 Å². The Morgan fingerprint density at radius 2 is 1.94 bits per heavy atom. The zero-order valence-corrected chi connectivity index (χ0v) is 18.4. The minimum absolute atomic E-state index is 0.180. The van der Waals surface area contributed by atoms with Crippen LogP contribution in [0.15, 0.2) is 42.9 Å². The lowest BCUT2D eigenvalue weighted by Crippen LogP contribution is -2.18. The van der Waals surface area contributed by atoms with Gasteiger partial charge in [0.25, 0.3) is 5.91 Å². The number of nitrogens with zero attached hydrogens (tertiary/aromatic N) is 3. The van der Waals surface area contributed by atoms with Crippen molar-refractivity contribution in [3.05, 3.63) is 64.6 Å². The number of nitrogens with one attached hydrogen (secondary N) is 1. The van der Waals surface area contributed by atoms with Gasteiger partial charge in [0, 0.05) is 47.4 Å². The number of anilines is 1. The number of hydrogen-bond acceptors (Lipinski definition) is 4. The van der Waals surface area contributed by atoms with Crippen molar-refractivity contribution < 1.29 is 14.7 Å². The molecule has 2 amide bonds. The van der Waals surface area contributed by atoms with Gasteiger partial charge in [0.1, 0.15) is 5.82 Å². The fourth-order valence-electron chi connectivity index (χ4n) is 4.05. The number of rotatable bonds is 6. The SMILES string of the molecule is Cc1cnc(NC(=O)O)cc1-n1cc(C(N)=O)c(-c2cc(CN3CCCC3)ccc2Cl)c1. The largest absolute Gasteiger partial charge is 0.465 e. The summed E-state index contributed by atoms with van der Waals surface area (Å²) in [6.45, 7) is 4.83. The summed E-state index contributed by atoms with van der Waals surface area (Å²) in [7, 11) is 0. The maximum Gasteiger partial charge on any atom is 0.410 e. The number of amides is 2. The smallest absolute Gasteiger partial charge is 0.410 e. The van der Waals surface area contributed by atoms with Crippen LogP contribution in [-0.4, -0.2) is 44.6 Å². The number of halogens is 1. The second-order valence-corrected chi connectivity index (χ2v) is 8.35. The van der Waals surface area contributed by atoms with Gasteiger partial charge in [-0.25, -0.2) is 9.78 Å². The Bertz CT molecular complexity index is 1180. The Balaban J connectivity index is 1.76. The molecule has 1 aromatic carbocycles. The molecule has 4 rings (SSSR count). The monoisotopic (exact) mass is 453 g/mol. The third-order valence-corrected chi connectivity index (χ3v) is 5.94. The summed E-state index contributed by atoms with van der Waals surface area (Å²) >= 11 is 6.53. The normalized spacial score (nSPS) is 13.9. The summed E-state index contributed by atoms with van der Waals surface area (Å²) in [6, 6.07) is 7.45. The average molecular weight is 454 g/mol. The molecular formula is C23H24ClN5O3. The molecule has 0 saturated carbocycles. The predicted molar refractivity (Wildman–Crippen MR) is 123 cm³/mol. The maximum atomic E-state index is 12.3. The van der Waals surface area contributed by atoms with Crippen molar-refractivity contribution in [2.24, 2.45) is 5.73 Å². The van der Waals surface area contributed by atoms with Crippen LogP contribution in [0.25, 0.3) is 16.8 Å². The number of pyridine rings is 1. The molecule has 1 aliphatic rings. The number of carbonyl (C=O) groups is 2. The molecule has 32 heavy (non-hydrogen) atoms. The van der Waals surface area contributed by atoms with Gasteiger partial charge in [0.05, 0.1) is 11.3 Å². The van der Waals surface area contributed by atoms with E-state index in [9.17, 15) is 9.59 Å². The van der Waals surface area contributed by atoms with E-state index in [0.29, 0.717) is 21.8 Å². The van der Waals surface area contributed by atoms with Crippen molar-refractivity contribution in [1.82, 2.24) is 14.5 Å². The summed E-state index contributed by atoms with van der Waals surface area (Å²) in [6.07, 6.45) is 6.19. The van der Waals surface area contributed by atoms with Crippen LogP contribution in [0.5, 0.6) is 0 Å². The van der Waals surface area contributed by atoms with E-state index >= 15 is 0 Å². The van der Waals surface area contributed by atoms with Gasteiger partial charge in [0.15, 0.2) is 0 Å². The molecule has 1 saturated heterocycles. The van der Waals surface area contributed by atoms with Gasteiger partial charge in [-0.3, -0.25) is 15.0 Å². The molecule has 0 radical (unpaired) electrons. The zero-order valence-electron chi connectivity index (χ0n) is 17.6. The van der Waals surface area contributed by atoms with Crippen LogP contribution < -0.4 is 11.1 Å². The Morgan fingerprint density at radius 1 is 1.19 bits per heavy atom. The number of aryl methyl sites for hydroxylation is 1. The molecule has 4 N–H and O–H groups in total. The second-order valence-electron chi connectivity index (χ2n) is 7.94. The molecule has 166 valence electrons. The van der Waals surface area contributed by atoms with Crippen molar-refractivity contribution in [3.8, 4) is 16.8 Å². The molecule has 9 heteroatoms. The van der Waals surface area contributed by atoms with E-state index in [2.05, 4.69) is 15.2 Å². The average Bonchev–Trinajstić information content (AvgIpc) is 3.40. The first-order valence-corrected chi connectivity index (χ1v) is 10.7. The van der Waals surface area contributed by atoms with E-state index in [1.54, 1.807) is 29.2 Å². The lowest BCUT2D eigenvalue weighted by atomic mass is 10.0.